The molecule has 0 atom stereocenters. The number of methoxy groups -OCH3 is 1. The number of hydrogen-bond donors (Lipinski definition) is 2. The van der Waals surface area contributed by atoms with Crippen molar-refractivity contribution in [2.75, 3.05) is 12.4 Å². The van der Waals surface area contributed by atoms with E-state index in [4.69, 9.17) is 4.74 Å². The van der Waals surface area contributed by atoms with Gasteiger partial charge in [-0.15, -0.1) is 10.2 Å². The molecule has 1 aromatic heterocycles. The van der Waals surface area contributed by atoms with E-state index in [0.717, 1.165) is 6.92 Å². The summed E-state index contributed by atoms with van der Waals surface area (Å²) >= 11 is 0. The number of ether oxygens (including phenoxy) is 1. The molecule has 2 aromatic rings. The molecule has 0 radical (unpaired) electrons. The van der Waals surface area contributed by atoms with Crippen LogP contribution in [-0.4, -0.2) is 37.5 Å². The Labute approximate surface area is 138 Å². The highest BCUT2D eigenvalue weighted by Crippen LogP contribution is 2.15. The van der Waals surface area contributed by atoms with E-state index < -0.39 is 21.8 Å². The maximum Gasteiger partial charge on any atom is 0.276 e. The second-order valence-corrected chi connectivity index (χ2v) is 6.28. The summed E-state index contributed by atoms with van der Waals surface area (Å²) in [6, 6.07) is 8.25. The van der Waals surface area contributed by atoms with Crippen LogP contribution >= 0.6 is 0 Å². The largest absolute Gasteiger partial charge is 0.480 e. The lowest BCUT2D eigenvalue weighted by Crippen LogP contribution is -2.28. The number of carbonyl (C=O) groups excluding carboxylic acids is 2. The number of anilines is 1. The average molecular weight is 350 g/mol. The van der Waals surface area contributed by atoms with Crippen molar-refractivity contribution in [3.05, 3.63) is 42.1 Å². The maximum atomic E-state index is 12.0. The summed E-state index contributed by atoms with van der Waals surface area (Å²) in [5.41, 5.74) is 0.435. The number of amides is 2. The minimum absolute atomic E-state index is 0.0748. The molecule has 0 spiro atoms. The third-order valence-electron chi connectivity index (χ3n) is 2.78. The first-order valence-electron chi connectivity index (χ1n) is 6.64. The number of benzene rings is 1. The molecule has 2 amide bonds. The Morgan fingerprint density at radius 3 is 2.21 bits per heavy atom. The van der Waals surface area contributed by atoms with Gasteiger partial charge in [0.2, 0.25) is 11.8 Å². The normalized spacial score (nSPS) is 10.8. The molecule has 1 aromatic carbocycles. The van der Waals surface area contributed by atoms with E-state index in [1.807, 2.05) is 4.72 Å². The molecule has 9 nitrogen and oxygen atoms in total. The van der Waals surface area contributed by atoms with Crippen molar-refractivity contribution in [3.8, 4) is 5.88 Å². The predicted octanol–water partition coefficient (Wildman–Crippen LogP) is 0.562. The molecule has 126 valence electrons. The molecule has 0 saturated carbocycles. The van der Waals surface area contributed by atoms with Crippen molar-refractivity contribution >= 4 is 27.5 Å². The SMILES string of the molecule is COc1ccc(C(=O)Nc2ccc(S(=O)(=O)NC(C)=O)cc2)nn1. The zero-order valence-electron chi connectivity index (χ0n) is 12.8. The van der Waals surface area contributed by atoms with E-state index in [0.29, 0.717) is 5.69 Å². The van der Waals surface area contributed by atoms with Crippen LogP contribution in [-0.2, 0) is 14.8 Å². The van der Waals surface area contributed by atoms with Gasteiger partial charge in [0.15, 0.2) is 5.69 Å². The molecule has 0 saturated heterocycles. The van der Waals surface area contributed by atoms with Crippen LogP contribution in [0.1, 0.15) is 17.4 Å². The topological polar surface area (TPSA) is 127 Å². The van der Waals surface area contributed by atoms with Gasteiger partial charge in [0, 0.05) is 18.7 Å². The number of sulfonamides is 1. The summed E-state index contributed by atoms with van der Waals surface area (Å²) in [4.78, 5) is 22.8. The summed E-state index contributed by atoms with van der Waals surface area (Å²) in [7, 11) is -2.48. The molecule has 0 aliphatic rings. The number of aromatic nitrogens is 2. The standard InChI is InChI=1S/C14H14N4O5S/c1-9(19)18-24(21,22)11-5-3-10(4-6-11)15-14(20)12-7-8-13(23-2)17-16-12/h3-8H,1-2H3,(H,15,20)(H,18,19). The molecule has 24 heavy (non-hydrogen) atoms. The maximum absolute atomic E-state index is 12.0. The lowest BCUT2D eigenvalue weighted by atomic mass is 10.3. The van der Waals surface area contributed by atoms with Gasteiger partial charge in [-0.3, -0.25) is 9.59 Å². The van der Waals surface area contributed by atoms with Gasteiger partial charge in [-0.05, 0) is 30.3 Å². The van der Waals surface area contributed by atoms with Crippen molar-refractivity contribution in [1.82, 2.24) is 14.9 Å². The van der Waals surface area contributed by atoms with Gasteiger partial charge in [0.25, 0.3) is 15.9 Å². The van der Waals surface area contributed by atoms with Gasteiger partial charge in [0.05, 0.1) is 12.0 Å². The summed E-state index contributed by atoms with van der Waals surface area (Å²) in [5.74, 6) is -0.924. The minimum atomic E-state index is -3.91. The van der Waals surface area contributed by atoms with Crippen LogP contribution in [0.2, 0.25) is 0 Å². The number of hydrogen-bond acceptors (Lipinski definition) is 7. The summed E-state index contributed by atoms with van der Waals surface area (Å²) in [5, 5.41) is 9.94. The van der Waals surface area contributed by atoms with Crippen molar-refractivity contribution in [3.63, 3.8) is 0 Å². The van der Waals surface area contributed by atoms with E-state index in [2.05, 4.69) is 15.5 Å². The summed E-state index contributed by atoms with van der Waals surface area (Å²) < 4.78 is 30.3. The summed E-state index contributed by atoms with van der Waals surface area (Å²) in [6.45, 7) is 1.10. The smallest absolute Gasteiger partial charge is 0.276 e. The van der Waals surface area contributed by atoms with Crippen LogP contribution in [0.3, 0.4) is 0 Å². The minimum Gasteiger partial charge on any atom is -0.480 e. The molecular weight excluding hydrogens is 336 g/mol. The number of nitrogens with one attached hydrogen (secondary N) is 2. The fraction of sp³-hybridized carbons (Fsp3) is 0.143. The first-order chi connectivity index (χ1) is 11.3. The second-order valence-electron chi connectivity index (χ2n) is 4.60. The molecule has 0 fully saturated rings. The Bertz CT molecular complexity index is 848. The van der Waals surface area contributed by atoms with E-state index in [1.54, 1.807) is 0 Å². The van der Waals surface area contributed by atoms with Crippen LogP contribution in [0.4, 0.5) is 5.69 Å². The van der Waals surface area contributed by atoms with Crippen LogP contribution in [0.25, 0.3) is 0 Å². The zero-order valence-corrected chi connectivity index (χ0v) is 13.6. The van der Waals surface area contributed by atoms with Gasteiger partial charge in [-0.1, -0.05) is 0 Å². The first kappa shape index (κ1) is 17.3. The average Bonchev–Trinajstić information content (AvgIpc) is 2.54. The molecule has 2 rings (SSSR count). The lowest BCUT2D eigenvalue weighted by Gasteiger charge is -2.07. The zero-order chi connectivity index (χ0) is 17.7. The molecule has 0 aliphatic heterocycles. The summed E-state index contributed by atoms with van der Waals surface area (Å²) in [6.07, 6.45) is 0. The Hall–Kier alpha value is -3.01. The molecular formula is C14H14N4O5S. The lowest BCUT2D eigenvalue weighted by molar-refractivity contribution is -0.117. The van der Waals surface area contributed by atoms with Crippen molar-refractivity contribution < 1.29 is 22.7 Å². The van der Waals surface area contributed by atoms with Crippen LogP contribution in [0.15, 0.2) is 41.3 Å². The first-order valence-corrected chi connectivity index (χ1v) is 8.12. The van der Waals surface area contributed by atoms with E-state index >= 15 is 0 Å². The number of carbonyl (C=O) groups is 2. The van der Waals surface area contributed by atoms with Gasteiger partial charge in [-0.25, -0.2) is 13.1 Å². The highest BCUT2D eigenvalue weighted by atomic mass is 32.2. The van der Waals surface area contributed by atoms with Crippen LogP contribution in [0, 0.1) is 0 Å². The Morgan fingerprint density at radius 2 is 1.71 bits per heavy atom. The Balaban J connectivity index is 2.10. The molecule has 2 N–H and O–H groups in total. The van der Waals surface area contributed by atoms with Gasteiger partial charge in [-0.2, -0.15) is 0 Å². The van der Waals surface area contributed by atoms with E-state index in [1.165, 1.54) is 43.5 Å². The number of nitrogens with zero attached hydrogens (tertiary/aromatic N) is 2. The van der Waals surface area contributed by atoms with Crippen LogP contribution in [0.5, 0.6) is 5.88 Å². The highest BCUT2D eigenvalue weighted by molar-refractivity contribution is 7.90. The van der Waals surface area contributed by atoms with Gasteiger partial charge in [0.1, 0.15) is 0 Å². The van der Waals surface area contributed by atoms with Crippen LogP contribution < -0.4 is 14.8 Å². The molecule has 10 heteroatoms. The fourth-order valence-corrected chi connectivity index (χ4v) is 2.70. The third kappa shape index (κ3) is 4.26. The van der Waals surface area contributed by atoms with Crippen molar-refractivity contribution in [2.24, 2.45) is 0 Å². The van der Waals surface area contributed by atoms with E-state index in [9.17, 15) is 18.0 Å². The third-order valence-corrected chi connectivity index (χ3v) is 4.23. The van der Waals surface area contributed by atoms with Gasteiger partial charge < -0.3 is 10.1 Å². The Kier molecular flexibility index (Phi) is 5.09. The van der Waals surface area contributed by atoms with E-state index in [-0.39, 0.29) is 16.5 Å². The molecule has 0 aliphatic carbocycles. The van der Waals surface area contributed by atoms with Gasteiger partial charge >= 0.3 is 0 Å². The molecule has 0 unspecified atom stereocenters. The monoisotopic (exact) mass is 350 g/mol. The molecule has 0 bridgehead atoms. The highest BCUT2D eigenvalue weighted by Gasteiger charge is 2.15. The van der Waals surface area contributed by atoms with Crippen molar-refractivity contribution in [1.29, 1.82) is 0 Å². The Morgan fingerprint density at radius 1 is 1.04 bits per heavy atom. The second kappa shape index (κ2) is 7.04. The molecule has 1 heterocycles. The predicted molar refractivity (Wildman–Crippen MR) is 84.0 cm³/mol. The fourth-order valence-electron chi connectivity index (χ4n) is 1.71. The number of rotatable bonds is 5. The van der Waals surface area contributed by atoms with Crippen molar-refractivity contribution in [2.45, 2.75) is 11.8 Å². The quantitative estimate of drug-likeness (QED) is 0.806.